The monoisotopic (exact) mass is 246 g/mol. The van der Waals surface area contributed by atoms with Crippen molar-refractivity contribution >= 4 is 5.97 Å². The van der Waals surface area contributed by atoms with Gasteiger partial charge < -0.3 is 4.74 Å². The molecular weight excluding hydrogens is 224 g/mol. The highest BCUT2D eigenvalue weighted by Gasteiger charge is 2.22. The number of benzene rings is 1. The molecule has 1 heterocycles. The molecule has 2 rings (SSSR count). The summed E-state index contributed by atoms with van der Waals surface area (Å²) in [6, 6.07) is 5.97. The minimum absolute atomic E-state index is 0.158. The molecule has 18 heavy (non-hydrogen) atoms. The van der Waals surface area contributed by atoms with Crippen molar-refractivity contribution in [2.24, 2.45) is 0 Å². The van der Waals surface area contributed by atoms with E-state index >= 15 is 0 Å². The van der Waals surface area contributed by atoms with Gasteiger partial charge in [-0.2, -0.15) is 0 Å². The Morgan fingerprint density at radius 3 is 2.72 bits per heavy atom. The third-order valence-corrected chi connectivity index (χ3v) is 3.64. The molecule has 0 N–H and O–H groups in total. The zero-order chi connectivity index (χ0) is 12.8. The highest BCUT2D eigenvalue weighted by molar-refractivity contribution is 5.93. The Kier molecular flexibility index (Phi) is 4.80. The number of unbranched alkanes of at least 4 members (excludes halogenated alkanes) is 5. The van der Waals surface area contributed by atoms with E-state index in [0.29, 0.717) is 6.61 Å². The fourth-order valence-electron chi connectivity index (χ4n) is 2.54. The maximum Gasteiger partial charge on any atom is 0.338 e. The van der Waals surface area contributed by atoms with Crippen molar-refractivity contribution in [2.45, 2.75) is 58.5 Å². The maximum absolute atomic E-state index is 11.4. The van der Waals surface area contributed by atoms with E-state index in [1.54, 1.807) is 0 Å². The van der Waals surface area contributed by atoms with Crippen LogP contribution < -0.4 is 0 Å². The van der Waals surface area contributed by atoms with Crippen molar-refractivity contribution in [1.29, 1.82) is 0 Å². The molecular formula is C16H22O2. The number of fused-ring (bicyclic) bond motifs is 1. The van der Waals surface area contributed by atoms with Crippen molar-refractivity contribution in [3.63, 3.8) is 0 Å². The summed E-state index contributed by atoms with van der Waals surface area (Å²) in [5.74, 6) is -0.158. The molecule has 0 radical (unpaired) electrons. The van der Waals surface area contributed by atoms with E-state index in [4.69, 9.17) is 4.74 Å². The first-order valence-electron chi connectivity index (χ1n) is 7.11. The number of carbonyl (C=O) groups excluding carboxylic acids is 1. The van der Waals surface area contributed by atoms with Crippen molar-refractivity contribution in [2.75, 3.05) is 0 Å². The van der Waals surface area contributed by atoms with Gasteiger partial charge in [0.15, 0.2) is 0 Å². The second kappa shape index (κ2) is 6.58. The van der Waals surface area contributed by atoms with Crippen LogP contribution in [0.25, 0.3) is 0 Å². The lowest BCUT2D eigenvalue weighted by Gasteiger charge is -2.05. The lowest BCUT2D eigenvalue weighted by Crippen LogP contribution is -1.96. The molecule has 0 saturated heterocycles. The van der Waals surface area contributed by atoms with Gasteiger partial charge in [-0.15, -0.1) is 0 Å². The number of hydrogen-bond acceptors (Lipinski definition) is 2. The predicted octanol–water partition coefficient (Wildman–Crippen LogP) is 4.26. The van der Waals surface area contributed by atoms with Crippen LogP contribution in [-0.4, -0.2) is 5.97 Å². The van der Waals surface area contributed by atoms with Crippen LogP contribution in [0.5, 0.6) is 0 Å². The van der Waals surface area contributed by atoms with Crippen LogP contribution in [0.3, 0.4) is 0 Å². The minimum Gasteiger partial charge on any atom is -0.457 e. The molecule has 0 fully saturated rings. The van der Waals surface area contributed by atoms with Crippen LogP contribution >= 0.6 is 0 Å². The summed E-state index contributed by atoms with van der Waals surface area (Å²) in [5, 5.41) is 0. The SMILES string of the molecule is CCCCCCCCc1cccc2c1COC2=O. The van der Waals surface area contributed by atoms with Crippen LogP contribution in [-0.2, 0) is 17.8 Å². The van der Waals surface area contributed by atoms with Crippen molar-refractivity contribution in [3.8, 4) is 0 Å². The number of hydrogen-bond donors (Lipinski definition) is 0. The van der Waals surface area contributed by atoms with Gasteiger partial charge in [0, 0.05) is 5.56 Å². The Balaban J connectivity index is 1.82. The van der Waals surface area contributed by atoms with Gasteiger partial charge in [-0.1, -0.05) is 51.2 Å². The highest BCUT2D eigenvalue weighted by atomic mass is 16.5. The fraction of sp³-hybridized carbons (Fsp3) is 0.562. The van der Waals surface area contributed by atoms with Crippen LogP contribution in [0, 0.1) is 0 Å². The summed E-state index contributed by atoms with van der Waals surface area (Å²) in [7, 11) is 0. The predicted molar refractivity (Wildman–Crippen MR) is 72.6 cm³/mol. The van der Waals surface area contributed by atoms with Crippen LogP contribution in [0.15, 0.2) is 18.2 Å². The van der Waals surface area contributed by atoms with Crippen LogP contribution in [0.1, 0.15) is 66.9 Å². The smallest absolute Gasteiger partial charge is 0.338 e. The molecule has 1 aliphatic heterocycles. The largest absolute Gasteiger partial charge is 0.457 e. The zero-order valence-corrected chi connectivity index (χ0v) is 11.2. The number of ether oxygens (including phenoxy) is 1. The van der Waals surface area contributed by atoms with Gasteiger partial charge in [0.1, 0.15) is 6.61 Å². The number of carbonyl (C=O) groups is 1. The molecule has 2 nitrogen and oxygen atoms in total. The first-order valence-corrected chi connectivity index (χ1v) is 7.11. The van der Waals surface area contributed by atoms with Gasteiger partial charge in [-0.05, 0) is 24.5 Å². The van der Waals surface area contributed by atoms with Gasteiger partial charge in [0.25, 0.3) is 0 Å². The van der Waals surface area contributed by atoms with E-state index in [9.17, 15) is 4.79 Å². The molecule has 0 amide bonds. The van der Waals surface area contributed by atoms with E-state index in [0.717, 1.165) is 17.5 Å². The van der Waals surface area contributed by atoms with Gasteiger partial charge >= 0.3 is 5.97 Å². The van der Waals surface area contributed by atoms with Crippen molar-refractivity contribution in [3.05, 3.63) is 34.9 Å². The molecule has 0 atom stereocenters. The third-order valence-electron chi connectivity index (χ3n) is 3.64. The molecule has 1 aliphatic rings. The van der Waals surface area contributed by atoms with E-state index in [-0.39, 0.29) is 5.97 Å². The topological polar surface area (TPSA) is 26.3 Å². The molecule has 1 aromatic carbocycles. The van der Waals surface area contributed by atoms with Gasteiger partial charge in [0.05, 0.1) is 5.56 Å². The molecule has 2 heteroatoms. The highest BCUT2D eigenvalue weighted by Crippen LogP contribution is 2.24. The van der Waals surface area contributed by atoms with Crippen LogP contribution in [0.4, 0.5) is 0 Å². The number of rotatable bonds is 7. The Bertz CT molecular complexity index is 410. The molecule has 0 spiro atoms. The Hall–Kier alpha value is -1.31. The molecule has 0 bridgehead atoms. The quantitative estimate of drug-likeness (QED) is 0.531. The summed E-state index contributed by atoms with van der Waals surface area (Å²) in [6.45, 7) is 2.71. The second-order valence-corrected chi connectivity index (χ2v) is 5.04. The number of cyclic esters (lactones) is 1. The average Bonchev–Trinajstić information content (AvgIpc) is 2.77. The Labute approximate surface area is 109 Å². The number of aryl methyl sites for hydroxylation is 1. The average molecular weight is 246 g/mol. The number of esters is 1. The summed E-state index contributed by atoms with van der Waals surface area (Å²) in [4.78, 5) is 11.4. The zero-order valence-electron chi connectivity index (χ0n) is 11.2. The molecule has 0 aromatic heterocycles. The van der Waals surface area contributed by atoms with Crippen molar-refractivity contribution < 1.29 is 9.53 Å². The summed E-state index contributed by atoms with van der Waals surface area (Å²) >= 11 is 0. The van der Waals surface area contributed by atoms with E-state index < -0.39 is 0 Å². The molecule has 1 aromatic rings. The maximum atomic E-state index is 11.4. The van der Waals surface area contributed by atoms with Crippen LogP contribution in [0.2, 0.25) is 0 Å². The van der Waals surface area contributed by atoms with E-state index in [1.165, 1.54) is 44.1 Å². The molecule has 0 unspecified atom stereocenters. The van der Waals surface area contributed by atoms with E-state index in [1.807, 2.05) is 12.1 Å². The Morgan fingerprint density at radius 1 is 1.11 bits per heavy atom. The minimum atomic E-state index is -0.158. The summed E-state index contributed by atoms with van der Waals surface area (Å²) in [5.41, 5.74) is 3.20. The second-order valence-electron chi connectivity index (χ2n) is 5.04. The van der Waals surface area contributed by atoms with Gasteiger partial charge in [0.2, 0.25) is 0 Å². The first-order chi connectivity index (χ1) is 8.83. The van der Waals surface area contributed by atoms with Gasteiger partial charge in [-0.25, -0.2) is 4.79 Å². The lowest BCUT2D eigenvalue weighted by atomic mass is 9.98. The summed E-state index contributed by atoms with van der Waals surface area (Å²) in [6.07, 6.45) is 8.91. The summed E-state index contributed by atoms with van der Waals surface area (Å²) < 4.78 is 5.08. The van der Waals surface area contributed by atoms with Gasteiger partial charge in [-0.3, -0.25) is 0 Å². The first kappa shape index (κ1) is 13.1. The Morgan fingerprint density at radius 2 is 1.89 bits per heavy atom. The standard InChI is InChI=1S/C16H22O2/c1-2-3-4-5-6-7-9-13-10-8-11-14-15(13)12-18-16(14)17/h8,10-11H,2-7,9,12H2,1H3. The molecule has 98 valence electrons. The molecule has 0 saturated carbocycles. The lowest BCUT2D eigenvalue weighted by molar-refractivity contribution is 0.0535. The third kappa shape index (κ3) is 3.12. The van der Waals surface area contributed by atoms with E-state index in [2.05, 4.69) is 13.0 Å². The fourth-order valence-corrected chi connectivity index (χ4v) is 2.54. The normalized spacial score (nSPS) is 13.5. The van der Waals surface area contributed by atoms with Crippen molar-refractivity contribution in [1.82, 2.24) is 0 Å². The molecule has 0 aliphatic carbocycles.